The Kier molecular flexibility index (Phi) is 2.18. The van der Waals surface area contributed by atoms with Gasteiger partial charge in [-0.25, -0.2) is 4.52 Å². The zero-order valence-corrected chi connectivity index (χ0v) is 10.8. The van der Waals surface area contributed by atoms with E-state index in [-0.39, 0.29) is 0 Å². The van der Waals surface area contributed by atoms with E-state index in [1.165, 1.54) is 23.5 Å². The Morgan fingerprint density at radius 3 is 2.65 bits per heavy atom. The van der Waals surface area contributed by atoms with Crippen LogP contribution >= 0.6 is 11.3 Å². The molecule has 0 aliphatic rings. The molecular formula is C14H7F3N2S. The van der Waals surface area contributed by atoms with E-state index in [0.29, 0.717) is 10.9 Å². The quantitative estimate of drug-likeness (QED) is 0.458. The minimum absolute atomic E-state index is 0.576. The minimum atomic E-state index is -4.34. The topological polar surface area (TPSA) is 17.3 Å². The van der Waals surface area contributed by atoms with Gasteiger partial charge in [0.1, 0.15) is 0 Å². The highest BCUT2D eigenvalue weighted by Gasteiger charge is 2.30. The monoisotopic (exact) mass is 292 g/mol. The second kappa shape index (κ2) is 3.73. The fourth-order valence-corrected chi connectivity index (χ4v) is 3.42. The van der Waals surface area contributed by atoms with Gasteiger partial charge in [0.25, 0.3) is 0 Å². The van der Waals surface area contributed by atoms with E-state index in [0.717, 1.165) is 21.7 Å². The lowest BCUT2D eigenvalue weighted by molar-refractivity contribution is -0.137. The number of fused-ring (bicyclic) bond motifs is 6. The first-order valence-corrected chi connectivity index (χ1v) is 6.77. The number of alkyl halides is 3. The maximum absolute atomic E-state index is 12.9. The molecule has 0 spiro atoms. The molecule has 2 nitrogen and oxygen atoms in total. The van der Waals surface area contributed by atoms with Gasteiger partial charge in [-0.3, -0.25) is 0 Å². The number of hydrogen-bond donors (Lipinski definition) is 0. The van der Waals surface area contributed by atoms with Crippen molar-refractivity contribution in [3.63, 3.8) is 0 Å². The Labute approximate surface area is 115 Å². The molecule has 0 radical (unpaired) electrons. The number of nitrogens with zero attached hydrogens (tertiary/aromatic N) is 2. The van der Waals surface area contributed by atoms with E-state index in [1.54, 1.807) is 10.7 Å². The van der Waals surface area contributed by atoms with Crippen molar-refractivity contribution in [2.24, 2.45) is 0 Å². The van der Waals surface area contributed by atoms with Gasteiger partial charge in [0, 0.05) is 10.8 Å². The lowest BCUT2D eigenvalue weighted by Crippen LogP contribution is -2.05. The average Bonchev–Trinajstić information content (AvgIpc) is 3.05. The summed E-state index contributed by atoms with van der Waals surface area (Å²) in [5, 5.41) is 7.51. The third kappa shape index (κ3) is 1.48. The maximum atomic E-state index is 12.9. The second-order valence-electron chi connectivity index (χ2n) is 4.52. The van der Waals surface area contributed by atoms with Gasteiger partial charge in [-0.05, 0) is 35.7 Å². The first-order valence-electron chi connectivity index (χ1n) is 5.89. The molecule has 4 aromatic rings. The second-order valence-corrected chi connectivity index (χ2v) is 5.44. The number of halogens is 3. The molecule has 0 aliphatic carbocycles. The van der Waals surface area contributed by atoms with Crippen LogP contribution in [-0.2, 0) is 6.18 Å². The van der Waals surface area contributed by atoms with Crippen LogP contribution in [0.1, 0.15) is 5.56 Å². The number of benzene rings is 1. The molecule has 0 fully saturated rings. The van der Waals surface area contributed by atoms with E-state index < -0.39 is 11.7 Å². The fourth-order valence-electron chi connectivity index (χ4n) is 2.50. The molecule has 0 N–H and O–H groups in total. The lowest BCUT2D eigenvalue weighted by Gasteiger charge is -2.10. The van der Waals surface area contributed by atoms with E-state index >= 15 is 0 Å². The van der Waals surface area contributed by atoms with Crippen LogP contribution < -0.4 is 0 Å². The van der Waals surface area contributed by atoms with E-state index in [9.17, 15) is 13.2 Å². The Morgan fingerprint density at radius 2 is 1.85 bits per heavy atom. The van der Waals surface area contributed by atoms with Crippen molar-refractivity contribution in [1.29, 1.82) is 0 Å². The van der Waals surface area contributed by atoms with Gasteiger partial charge in [0.05, 0.1) is 27.5 Å². The lowest BCUT2D eigenvalue weighted by atomic mass is 10.1. The third-order valence-electron chi connectivity index (χ3n) is 3.38. The largest absolute Gasteiger partial charge is 0.416 e. The highest BCUT2D eigenvalue weighted by molar-refractivity contribution is 7.18. The Bertz CT molecular complexity index is 949. The van der Waals surface area contributed by atoms with Gasteiger partial charge >= 0.3 is 6.18 Å². The highest BCUT2D eigenvalue weighted by atomic mass is 32.1. The SMILES string of the molecule is FC(F)(F)c1ccc2c(c1)c1ccsc1c1ccnn21. The first kappa shape index (κ1) is 11.7. The molecule has 0 saturated carbocycles. The van der Waals surface area contributed by atoms with Gasteiger partial charge < -0.3 is 0 Å². The zero-order valence-electron chi connectivity index (χ0n) is 9.98. The van der Waals surface area contributed by atoms with Gasteiger partial charge in [-0.15, -0.1) is 11.3 Å². The number of thiophene rings is 1. The molecule has 3 aromatic heterocycles. The van der Waals surface area contributed by atoms with Crippen molar-refractivity contribution in [2.75, 3.05) is 0 Å². The van der Waals surface area contributed by atoms with Crippen molar-refractivity contribution in [3.05, 3.63) is 47.5 Å². The minimum Gasteiger partial charge on any atom is -0.232 e. The van der Waals surface area contributed by atoms with Crippen molar-refractivity contribution < 1.29 is 13.2 Å². The van der Waals surface area contributed by atoms with Crippen LogP contribution in [0.2, 0.25) is 0 Å². The van der Waals surface area contributed by atoms with Gasteiger partial charge in [0.2, 0.25) is 0 Å². The van der Waals surface area contributed by atoms with Crippen LogP contribution in [0.15, 0.2) is 41.9 Å². The molecule has 0 atom stereocenters. The smallest absolute Gasteiger partial charge is 0.232 e. The molecule has 4 rings (SSSR count). The van der Waals surface area contributed by atoms with Crippen LogP contribution in [0.4, 0.5) is 13.2 Å². The van der Waals surface area contributed by atoms with E-state index in [4.69, 9.17) is 0 Å². The van der Waals surface area contributed by atoms with Crippen molar-refractivity contribution in [3.8, 4) is 0 Å². The van der Waals surface area contributed by atoms with Gasteiger partial charge in [-0.2, -0.15) is 18.3 Å². The summed E-state index contributed by atoms with van der Waals surface area (Å²) in [4.78, 5) is 0. The summed E-state index contributed by atoms with van der Waals surface area (Å²) in [7, 11) is 0. The van der Waals surface area contributed by atoms with Crippen LogP contribution in [0.3, 0.4) is 0 Å². The highest BCUT2D eigenvalue weighted by Crippen LogP contribution is 2.36. The number of rotatable bonds is 0. The van der Waals surface area contributed by atoms with Crippen molar-refractivity contribution >= 4 is 37.8 Å². The molecule has 0 saturated heterocycles. The molecular weight excluding hydrogens is 285 g/mol. The summed E-state index contributed by atoms with van der Waals surface area (Å²) < 4.78 is 41.3. The first-order chi connectivity index (χ1) is 9.55. The van der Waals surface area contributed by atoms with Crippen LogP contribution in [-0.4, -0.2) is 9.61 Å². The summed E-state index contributed by atoms with van der Waals surface area (Å²) in [5.41, 5.74) is 0.968. The molecule has 100 valence electrons. The number of pyridine rings is 1. The Morgan fingerprint density at radius 1 is 1.00 bits per heavy atom. The molecule has 3 heterocycles. The predicted molar refractivity (Wildman–Crippen MR) is 73.1 cm³/mol. The summed E-state index contributed by atoms with van der Waals surface area (Å²) in [6, 6.07) is 7.51. The predicted octanol–water partition coefficient (Wildman–Crippen LogP) is 4.72. The molecule has 6 heteroatoms. The third-order valence-corrected chi connectivity index (χ3v) is 4.32. The molecule has 0 unspecified atom stereocenters. The fraction of sp³-hybridized carbons (Fsp3) is 0.0714. The maximum Gasteiger partial charge on any atom is 0.416 e. The number of aromatic nitrogens is 2. The van der Waals surface area contributed by atoms with Crippen LogP contribution in [0, 0.1) is 0 Å². The standard InChI is InChI=1S/C14H7F3N2S/c15-14(16,17)8-1-2-11-10(7-8)9-4-6-20-13(9)12-3-5-18-19(11)12/h1-7H. The van der Waals surface area contributed by atoms with Gasteiger partial charge in [-0.1, -0.05) is 0 Å². The van der Waals surface area contributed by atoms with E-state index in [2.05, 4.69) is 5.10 Å². The van der Waals surface area contributed by atoms with Crippen LogP contribution in [0.5, 0.6) is 0 Å². The molecule has 20 heavy (non-hydrogen) atoms. The molecule has 0 amide bonds. The normalized spacial score (nSPS) is 12.8. The van der Waals surface area contributed by atoms with Crippen LogP contribution in [0.25, 0.3) is 26.5 Å². The van der Waals surface area contributed by atoms with Gasteiger partial charge in [0.15, 0.2) is 0 Å². The Balaban J connectivity index is 2.25. The summed E-state index contributed by atoms with van der Waals surface area (Å²) in [6.07, 6.45) is -2.68. The molecule has 0 aliphatic heterocycles. The summed E-state index contributed by atoms with van der Waals surface area (Å²) in [6.45, 7) is 0. The molecule has 1 aromatic carbocycles. The summed E-state index contributed by atoms with van der Waals surface area (Å²) >= 11 is 1.51. The summed E-state index contributed by atoms with van der Waals surface area (Å²) in [5.74, 6) is 0. The van der Waals surface area contributed by atoms with Crippen molar-refractivity contribution in [1.82, 2.24) is 9.61 Å². The Hall–Kier alpha value is -2.08. The zero-order chi connectivity index (χ0) is 13.9. The molecule has 0 bridgehead atoms. The van der Waals surface area contributed by atoms with Crippen molar-refractivity contribution in [2.45, 2.75) is 6.18 Å². The number of hydrogen-bond acceptors (Lipinski definition) is 2. The van der Waals surface area contributed by atoms with E-state index in [1.807, 2.05) is 17.5 Å². The average molecular weight is 292 g/mol.